The van der Waals surface area contributed by atoms with Gasteiger partial charge in [-0.05, 0) is 51.7 Å². The van der Waals surface area contributed by atoms with Crippen LogP contribution in [0.5, 0.6) is 0 Å². The number of amides is 4. The van der Waals surface area contributed by atoms with Crippen LogP contribution in [0, 0.1) is 26.7 Å². The first-order valence-corrected chi connectivity index (χ1v) is 10.8. The maximum atomic E-state index is 13.1. The molecule has 1 aliphatic heterocycles. The summed E-state index contributed by atoms with van der Waals surface area (Å²) >= 11 is 0. The van der Waals surface area contributed by atoms with Crippen LogP contribution >= 0.6 is 0 Å². The van der Waals surface area contributed by atoms with E-state index in [1.165, 1.54) is 0 Å². The molecule has 4 amide bonds. The summed E-state index contributed by atoms with van der Waals surface area (Å²) in [4.78, 5) is 39.5. The number of rotatable bonds is 4. The molecule has 2 atom stereocenters. The number of carbonyl (C=O) groups is 3. The van der Waals surface area contributed by atoms with Crippen LogP contribution in [0.3, 0.4) is 0 Å². The van der Waals surface area contributed by atoms with Gasteiger partial charge in [0.2, 0.25) is 5.91 Å². The summed E-state index contributed by atoms with van der Waals surface area (Å²) in [5.41, 5.74) is 3.23. The van der Waals surface area contributed by atoms with Gasteiger partial charge < -0.3 is 10.6 Å². The molecule has 1 aromatic heterocycles. The lowest BCUT2D eigenvalue weighted by atomic mass is 9.73. The zero-order chi connectivity index (χ0) is 22.3. The van der Waals surface area contributed by atoms with Crippen LogP contribution in [0.25, 0.3) is 5.69 Å². The Morgan fingerprint density at radius 3 is 2.58 bits per heavy atom. The molecule has 0 bridgehead atoms. The van der Waals surface area contributed by atoms with Gasteiger partial charge in [-0.3, -0.25) is 14.5 Å². The van der Waals surface area contributed by atoms with Gasteiger partial charge in [0, 0.05) is 0 Å². The number of benzene rings is 1. The molecule has 1 spiro atoms. The predicted molar refractivity (Wildman–Crippen MR) is 117 cm³/mol. The Morgan fingerprint density at radius 1 is 1.19 bits per heavy atom. The van der Waals surface area contributed by atoms with Crippen molar-refractivity contribution in [3.63, 3.8) is 0 Å². The van der Waals surface area contributed by atoms with Gasteiger partial charge in [-0.15, -0.1) is 0 Å². The molecule has 164 valence electrons. The number of nitrogens with zero attached hydrogens (tertiary/aromatic N) is 3. The summed E-state index contributed by atoms with van der Waals surface area (Å²) in [6.07, 6.45) is 3.46. The molecule has 2 aromatic rings. The van der Waals surface area contributed by atoms with Crippen molar-refractivity contribution in [1.82, 2.24) is 20.0 Å². The van der Waals surface area contributed by atoms with E-state index in [1.807, 2.05) is 52.0 Å². The molecule has 8 nitrogen and oxygen atoms in total. The summed E-state index contributed by atoms with van der Waals surface area (Å²) in [5, 5.41) is 10.3. The zero-order valence-electron chi connectivity index (χ0n) is 18.5. The molecule has 1 aromatic carbocycles. The van der Waals surface area contributed by atoms with E-state index in [1.54, 1.807) is 4.68 Å². The lowest BCUT2D eigenvalue weighted by Crippen LogP contribution is -2.54. The minimum absolute atomic E-state index is 0.0583. The van der Waals surface area contributed by atoms with Crippen molar-refractivity contribution in [2.75, 3.05) is 11.9 Å². The van der Waals surface area contributed by atoms with E-state index in [2.05, 4.69) is 15.7 Å². The smallest absolute Gasteiger partial charge is 0.323 e. The van der Waals surface area contributed by atoms with E-state index in [-0.39, 0.29) is 18.4 Å². The fraction of sp³-hybridized carbons (Fsp3) is 0.478. The van der Waals surface area contributed by atoms with Gasteiger partial charge in [-0.1, -0.05) is 37.5 Å². The molecule has 4 rings (SSSR count). The lowest BCUT2D eigenvalue weighted by Gasteiger charge is -2.36. The van der Waals surface area contributed by atoms with Crippen LogP contribution in [0.15, 0.2) is 24.3 Å². The zero-order valence-corrected chi connectivity index (χ0v) is 18.5. The second-order valence-electron chi connectivity index (χ2n) is 8.78. The van der Waals surface area contributed by atoms with Crippen LogP contribution < -0.4 is 10.6 Å². The first-order valence-electron chi connectivity index (χ1n) is 10.8. The molecular formula is C23H29N5O3. The van der Waals surface area contributed by atoms with Crippen LogP contribution in [-0.2, 0) is 9.59 Å². The van der Waals surface area contributed by atoms with E-state index in [4.69, 9.17) is 0 Å². The highest BCUT2D eigenvalue weighted by Crippen LogP contribution is 2.38. The summed E-state index contributed by atoms with van der Waals surface area (Å²) in [7, 11) is 0. The first kappa shape index (κ1) is 21.1. The summed E-state index contributed by atoms with van der Waals surface area (Å²) in [6, 6.07) is 7.46. The minimum atomic E-state index is -0.863. The third kappa shape index (κ3) is 3.60. The molecule has 1 saturated carbocycles. The summed E-state index contributed by atoms with van der Waals surface area (Å²) in [6.45, 7) is 7.40. The Hall–Kier alpha value is -3.16. The van der Waals surface area contributed by atoms with Gasteiger partial charge in [0.1, 0.15) is 12.1 Å². The number of aryl methyl sites for hydroxylation is 2. The highest BCUT2D eigenvalue weighted by Gasteiger charge is 2.55. The van der Waals surface area contributed by atoms with Crippen LogP contribution in [0.1, 0.15) is 49.6 Å². The van der Waals surface area contributed by atoms with Gasteiger partial charge in [0.05, 0.1) is 22.8 Å². The summed E-state index contributed by atoms with van der Waals surface area (Å²) < 4.78 is 1.77. The van der Waals surface area contributed by atoms with Gasteiger partial charge in [-0.25, -0.2) is 9.48 Å². The van der Waals surface area contributed by atoms with Crippen molar-refractivity contribution in [3.8, 4) is 5.69 Å². The van der Waals surface area contributed by atoms with E-state index in [0.29, 0.717) is 17.8 Å². The molecule has 0 unspecified atom stereocenters. The minimum Gasteiger partial charge on any atom is -0.323 e. The molecule has 2 fully saturated rings. The van der Waals surface area contributed by atoms with Crippen molar-refractivity contribution in [2.24, 2.45) is 5.92 Å². The van der Waals surface area contributed by atoms with Gasteiger partial charge in [-0.2, -0.15) is 5.10 Å². The Bertz CT molecular complexity index is 1040. The number of anilines is 1. The average molecular weight is 424 g/mol. The average Bonchev–Trinajstić information content (AvgIpc) is 3.14. The first-order chi connectivity index (χ1) is 14.7. The quantitative estimate of drug-likeness (QED) is 0.738. The van der Waals surface area contributed by atoms with Crippen LogP contribution in [0.4, 0.5) is 10.5 Å². The Labute approximate surface area is 182 Å². The number of hydrogen-bond acceptors (Lipinski definition) is 4. The topological polar surface area (TPSA) is 96.3 Å². The summed E-state index contributed by atoms with van der Waals surface area (Å²) in [5.74, 6) is -0.648. The Kier molecular flexibility index (Phi) is 5.33. The largest absolute Gasteiger partial charge is 0.325 e. The molecule has 2 N–H and O–H groups in total. The predicted octanol–water partition coefficient (Wildman–Crippen LogP) is 3.24. The number of aromatic nitrogens is 2. The highest BCUT2D eigenvalue weighted by molar-refractivity contribution is 6.10. The molecule has 2 aliphatic rings. The molecule has 1 aliphatic carbocycles. The number of hydrogen-bond donors (Lipinski definition) is 2. The molecular weight excluding hydrogens is 394 g/mol. The number of urea groups is 1. The standard InChI is InChI=1S/C23H29N5O3/c1-14-8-10-18(11-9-14)28-17(4)20(16(3)26-28)24-19(29)13-27-21(30)23(25-22(27)31)12-6-5-7-15(23)2/h8-11,15H,5-7,12-13H2,1-4H3,(H,24,29)(H,25,31)/t15-,23-/m1/s1. The monoisotopic (exact) mass is 423 g/mol. The molecule has 1 saturated heterocycles. The highest BCUT2D eigenvalue weighted by atomic mass is 16.2. The fourth-order valence-electron chi connectivity index (χ4n) is 4.72. The van der Waals surface area contributed by atoms with Gasteiger partial charge >= 0.3 is 6.03 Å². The van der Waals surface area contributed by atoms with Crippen LogP contribution in [-0.4, -0.2) is 44.6 Å². The van der Waals surface area contributed by atoms with E-state index < -0.39 is 17.5 Å². The van der Waals surface area contributed by atoms with Crippen molar-refractivity contribution >= 4 is 23.5 Å². The SMILES string of the molecule is Cc1ccc(-n2nc(C)c(NC(=O)CN3C(=O)N[C@@]4(CCCC[C@H]4C)C3=O)c2C)cc1. The molecule has 2 heterocycles. The lowest BCUT2D eigenvalue weighted by molar-refractivity contribution is -0.136. The van der Waals surface area contributed by atoms with Gasteiger partial charge in [0.25, 0.3) is 5.91 Å². The van der Waals surface area contributed by atoms with E-state index in [9.17, 15) is 14.4 Å². The Morgan fingerprint density at radius 2 is 1.90 bits per heavy atom. The normalized spacial score (nSPS) is 23.4. The molecule has 8 heteroatoms. The fourth-order valence-corrected chi connectivity index (χ4v) is 4.72. The van der Waals surface area contributed by atoms with Crippen molar-refractivity contribution in [1.29, 1.82) is 0 Å². The molecule has 31 heavy (non-hydrogen) atoms. The third-order valence-corrected chi connectivity index (χ3v) is 6.64. The second kappa shape index (κ2) is 7.83. The number of nitrogens with one attached hydrogen (secondary N) is 2. The van der Waals surface area contributed by atoms with Crippen molar-refractivity contribution in [2.45, 2.75) is 58.9 Å². The second-order valence-corrected chi connectivity index (χ2v) is 8.78. The maximum absolute atomic E-state index is 13.1. The van der Waals surface area contributed by atoms with Crippen LogP contribution in [0.2, 0.25) is 0 Å². The van der Waals surface area contributed by atoms with Crippen molar-refractivity contribution in [3.05, 3.63) is 41.2 Å². The van der Waals surface area contributed by atoms with Crippen molar-refractivity contribution < 1.29 is 14.4 Å². The van der Waals surface area contributed by atoms with Gasteiger partial charge in [0.15, 0.2) is 0 Å². The number of carbonyl (C=O) groups excluding carboxylic acids is 3. The molecule has 0 radical (unpaired) electrons. The number of imide groups is 1. The third-order valence-electron chi connectivity index (χ3n) is 6.64. The van der Waals surface area contributed by atoms with E-state index >= 15 is 0 Å². The Balaban J connectivity index is 1.50. The van der Waals surface area contributed by atoms with E-state index in [0.717, 1.165) is 41.1 Å². The maximum Gasteiger partial charge on any atom is 0.325 e.